The van der Waals surface area contributed by atoms with Crippen molar-refractivity contribution in [1.82, 2.24) is 46.8 Å². The fourth-order valence-corrected chi connectivity index (χ4v) is 6.45. The Balaban J connectivity index is 1.76. The van der Waals surface area contributed by atoms with E-state index < -0.39 is 71.7 Å². The van der Waals surface area contributed by atoms with Crippen molar-refractivity contribution in [2.45, 2.75) is 116 Å². The quantitative estimate of drug-likeness (QED) is 0.261. The first-order chi connectivity index (χ1) is 21.3. The van der Waals surface area contributed by atoms with Crippen molar-refractivity contribution >= 4 is 35.4 Å². The molecule has 6 amide bonds. The van der Waals surface area contributed by atoms with Crippen LogP contribution in [0.15, 0.2) is 0 Å². The molecule has 15 heteroatoms. The maximum Gasteiger partial charge on any atom is 0.261 e. The van der Waals surface area contributed by atoms with Crippen LogP contribution in [0.2, 0.25) is 0 Å². The van der Waals surface area contributed by atoms with Crippen LogP contribution in [0.5, 0.6) is 0 Å². The Morgan fingerprint density at radius 3 is 1.67 bits per heavy atom. The lowest BCUT2D eigenvalue weighted by atomic mass is 9.97. The van der Waals surface area contributed by atoms with E-state index in [1.54, 1.807) is 20.8 Å². The fraction of sp³-hybridized carbons (Fsp3) is 0.800. The molecule has 0 aromatic rings. The topological polar surface area (TPSA) is 176 Å². The average molecular weight is 634 g/mol. The van der Waals surface area contributed by atoms with E-state index in [1.165, 1.54) is 27.0 Å². The zero-order valence-electron chi connectivity index (χ0n) is 27.4. The van der Waals surface area contributed by atoms with Gasteiger partial charge in [0.05, 0.1) is 0 Å². The van der Waals surface area contributed by atoms with Crippen LogP contribution in [0.25, 0.3) is 0 Å². The molecule has 6 unspecified atom stereocenters. The molecule has 4 rings (SSSR count). The highest BCUT2D eigenvalue weighted by molar-refractivity contribution is 5.98. The van der Waals surface area contributed by atoms with E-state index in [0.29, 0.717) is 64.6 Å². The Morgan fingerprint density at radius 2 is 1.13 bits per heavy atom. The van der Waals surface area contributed by atoms with Crippen molar-refractivity contribution in [2.24, 2.45) is 11.8 Å². The summed E-state index contributed by atoms with van der Waals surface area (Å²) in [7, 11) is 1.52. The molecule has 252 valence electrons. The van der Waals surface area contributed by atoms with Crippen LogP contribution in [0.4, 0.5) is 0 Å². The molecular weight excluding hydrogens is 582 g/mol. The summed E-state index contributed by atoms with van der Waals surface area (Å²) in [5.41, 5.74) is 9.17. The lowest BCUT2D eigenvalue weighted by Crippen LogP contribution is -2.69. The molecule has 0 aromatic carbocycles. The number of amides is 6. The smallest absolute Gasteiger partial charge is 0.261 e. The van der Waals surface area contributed by atoms with Crippen LogP contribution in [0, 0.1) is 11.8 Å². The molecule has 4 fully saturated rings. The van der Waals surface area contributed by atoms with Gasteiger partial charge in [-0.15, -0.1) is 0 Å². The van der Waals surface area contributed by atoms with Crippen LogP contribution >= 0.6 is 0 Å². The summed E-state index contributed by atoms with van der Waals surface area (Å²) >= 11 is 0. The minimum Gasteiger partial charge on any atom is -0.342 e. The van der Waals surface area contributed by atoms with Crippen LogP contribution in [-0.4, -0.2) is 118 Å². The van der Waals surface area contributed by atoms with E-state index in [4.69, 9.17) is 0 Å². The zero-order valence-corrected chi connectivity index (χ0v) is 27.4. The standard InChI is InChI=1S/C30H51N9O6/c1-17(2)16-20-25(40)35-24(18(3)4)30(45)39-23(12-9-15-33-39)29(44)38-22(11-8-14-32-38)28(43)36(6)19(5)27(42)37-21(26(41)34-20)10-7-13-31-37/h17-24,31-33H,7-16H2,1-6H3,(H,34,41)(H,35,40). The number of hydrogen-bond acceptors (Lipinski definition) is 9. The molecule has 0 saturated carbocycles. The Bertz CT molecular complexity index is 1150. The van der Waals surface area contributed by atoms with Crippen LogP contribution in [0.3, 0.4) is 0 Å². The van der Waals surface area contributed by atoms with Gasteiger partial charge < -0.3 is 15.5 Å². The molecule has 0 radical (unpaired) electrons. The number of fused-ring (bicyclic) bond motifs is 3. The Kier molecular flexibility index (Phi) is 11.4. The zero-order chi connectivity index (χ0) is 33.0. The molecule has 5 N–H and O–H groups in total. The monoisotopic (exact) mass is 633 g/mol. The molecule has 0 bridgehead atoms. The third-order valence-electron chi connectivity index (χ3n) is 9.19. The Labute approximate surface area is 265 Å². The number of nitrogens with one attached hydrogen (secondary N) is 5. The molecule has 4 aliphatic heterocycles. The molecule has 0 spiro atoms. The van der Waals surface area contributed by atoms with E-state index in [-0.39, 0.29) is 11.8 Å². The predicted octanol–water partition coefficient (Wildman–Crippen LogP) is -0.995. The highest BCUT2D eigenvalue weighted by Gasteiger charge is 2.45. The first-order valence-corrected chi connectivity index (χ1v) is 16.4. The third kappa shape index (κ3) is 7.58. The lowest BCUT2D eigenvalue weighted by molar-refractivity contribution is -0.164. The van der Waals surface area contributed by atoms with Gasteiger partial charge in [0.1, 0.15) is 36.3 Å². The number of nitrogens with zero attached hydrogens (tertiary/aromatic N) is 4. The van der Waals surface area contributed by atoms with Crippen LogP contribution in [-0.2, 0) is 28.8 Å². The molecule has 4 heterocycles. The van der Waals surface area contributed by atoms with Gasteiger partial charge in [-0.2, -0.15) is 0 Å². The molecule has 0 aliphatic carbocycles. The Hall–Kier alpha value is -3.30. The van der Waals surface area contributed by atoms with E-state index in [0.717, 1.165) is 0 Å². The summed E-state index contributed by atoms with van der Waals surface area (Å²) in [4.78, 5) is 84.8. The van der Waals surface area contributed by atoms with Gasteiger partial charge in [0.2, 0.25) is 17.7 Å². The van der Waals surface area contributed by atoms with Crippen molar-refractivity contribution in [3.8, 4) is 0 Å². The van der Waals surface area contributed by atoms with Crippen molar-refractivity contribution in [2.75, 3.05) is 26.7 Å². The lowest BCUT2D eigenvalue weighted by Gasteiger charge is -2.44. The normalized spacial score (nSPS) is 31.6. The summed E-state index contributed by atoms with van der Waals surface area (Å²) in [5, 5.41) is 9.62. The van der Waals surface area contributed by atoms with Crippen molar-refractivity contribution in [1.29, 1.82) is 0 Å². The van der Waals surface area contributed by atoms with Gasteiger partial charge in [0.25, 0.3) is 17.7 Å². The van der Waals surface area contributed by atoms with Gasteiger partial charge in [-0.3, -0.25) is 43.8 Å². The summed E-state index contributed by atoms with van der Waals surface area (Å²) in [6, 6.07) is -5.62. The molecule has 6 atom stereocenters. The van der Waals surface area contributed by atoms with Gasteiger partial charge in [-0.25, -0.2) is 16.3 Å². The van der Waals surface area contributed by atoms with Gasteiger partial charge in [-0.05, 0) is 63.7 Å². The Morgan fingerprint density at radius 1 is 0.644 bits per heavy atom. The van der Waals surface area contributed by atoms with Gasteiger partial charge in [0, 0.05) is 26.7 Å². The largest absolute Gasteiger partial charge is 0.342 e. The van der Waals surface area contributed by atoms with Crippen LogP contribution < -0.4 is 26.9 Å². The van der Waals surface area contributed by atoms with Crippen molar-refractivity contribution in [3.05, 3.63) is 0 Å². The second-order valence-corrected chi connectivity index (χ2v) is 13.4. The first-order valence-electron chi connectivity index (χ1n) is 16.4. The summed E-state index contributed by atoms with van der Waals surface area (Å²) in [6.07, 6.45) is 3.32. The molecule has 45 heavy (non-hydrogen) atoms. The molecule has 15 nitrogen and oxygen atoms in total. The molecule has 0 aromatic heterocycles. The number of rotatable bonds is 3. The van der Waals surface area contributed by atoms with Gasteiger partial charge in [-0.1, -0.05) is 27.7 Å². The number of carbonyl (C=O) groups is 6. The summed E-state index contributed by atoms with van der Waals surface area (Å²) in [6.45, 7) is 10.5. The van der Waals surface area contributed by atoms with Gasteiger partial charge in [0.15, 0.2) is 0 Å². The number of hydrogen-bond donors (Lipinski definition) is 5. The number of carbonyl (C=O) groups excluding carboxylic acids is 6. The SMILES string of the molecule is CC(C)CC1NC(=O)C2CCCNN2C(=O)C(C)N(C)C(=O)C2CCCNN2C(=O)C2CCCNN2C(=O)C(C(C)C)NC1=O. The average Bonchev–Trinajstić information content (AvgIpc) is 3.03. The minimum atomic E-state index is -0.989. The third-order valence-corrected chi connectivity index (χ3v) is 9.19. The van der Waals surface area contributed by atoms with E-state index in [9.17, 15) is 28.8 Å². The molecule has 4 aliphatic rings. The highest BCUT2D eigenvalue weighted by atomic mass is 16.2. The molecule has 4 saturated heterocycles. The van der Waals surface area contributed by atoms with Gasteiger partial charge >= 0.3 is 0 Å². The van der Waals surface area contributed by atoms with E-state index >= 15 is 0 Å². The van der Waals surface area contributed by atoms with E-state index in [1.807, 2.05) is 13.8 Å². The predicted molar refractivity (Wildman–Crippen MR) is 164 cm³/mol. The second kappa shape index (κ2) is 14.9. The van der Waals surface area contributed by atoms with Crippen molar-refractivity contribution < 1.29 is 28.8 Å². The fourth-order valence-electron chi connectivity index (χ4n) is 6.45. The van der Waals surface area contributed by atoms with Crippen LogP contribution in [0.1, 0.15) is 79.6 Å². The summed E-state index contributed by atoms with van der Waals surface area (Å²) in [5.74, 6) is -3.09. The first kappa shape index (κ1) is 34.6. The minimum absolute atomic E-state index is 0.0322. The highest BCUT2D eigenvalue weighted by Crippen LogP contribution is 2.23. The molecular formula is C30H51N9O6. The maximum absolute atomic E-state index is 14.1. The van der Waals surface area contributed by atoms with Crippen molar-refractivity contribution in [3.63, 3.8) is 0 Å². The number of likely N-dealkylation sites (N-methyl/N-ethyl adjacent to an activating group) is 1. The second-order valence-electron chi connectivity index (χ2n) is 13.4. The summed E-state index contributed by atoms with van der Waals surface area (Å²) < 4.78 is 0. The van der Waals surface area contributed by atoms with E-state index in [2.05, 4.69) is 26.9 Å². The maximum atomic E-state index is 14.1. The number of hydrazine groups is 3.